The van der Waals surface area contributed by atoms with Crippen LogP contribution in [0.5, 0.6) is 5.75 Å². The normalized spacial score (nSPS) is 11.4. The van der Waals surface area contributed by atoms with E-state index in [0.29, 0.717) is 30.5 Å². The zero-order valence-corrected chi connectivity index (χ0v) is 22.3. The van der Waals surface area contributed by atoms with Gasteiger partial charge in [0, 0.05) is 13.6 Å². The van der Waals surface area contributed by atoms with E-state index in [-0.39, 0.29) is 5.91 Å². The molecule has 1 amide bonds. The molecule has 0 fully saturated rings. The Morgan fingerprint density at radius 1 is 1.06 bits per heavy atom. The average molecular weight is 492 g/mol. The Labute approximate surface area is 213 Å². The van der Waals surface area contributed by atoms with E-state index in [2.05, 4.69) is 48.5 Å². The van der Waals surface area contributed by atoms with Gasteiger partial charge in [-0.1, -0.05) is 50.2 Å². The first kappa shape index (κ1) is 27.0. The summed E-state index contributed by atoms with van der Waals surface area (Å²) in [7, 11) is 1.84. The van der Waals surface area contributed by atoms with Crippen molar-refractivity contribution in [1.29, 1.82) is 0 Å². The lowest BCUT2D eigenvalue weighted by atomic mass is 10.0. The Hall–Kier alpha value is -3.61. The number of aryl methyl sites for hydroxylation is 2. The predicted octanol–water partition coefficient (Wildman–Crippen LogP) is 5.24. The molecule has 1 N–H and O–H groups in total. The van der Waals surface area contributed by atoms with E-state index in [1.54, 1.807) is 31.5 Å². The molecule has 7 nitrogen and oxygen atoms in total. The minimum Gasteiger partial charge on any atom is -0.476 e. The first-order valence-corrected chi connectivity index (χ1v) is 12.4. The number of hydrogen-bond acceptors (Lipinski definition) is 5. The van der Waals surface area contributed by atoms with E-state index in [0.717, 1.165) is 28.8 Å². The van der Waals surface area contributed by atoms with Gasteiger partial charge in [-0.15, -0.1) is 0 Å². The third-order valence-corrected chi connectivity index (χ3v) is 5.83. The van der Waals surface area contributed by atoms with Gasteiger partial charge in [-0.25, -0.2) is 4.79 Å². The van der Waals surface area contributed by atoms with Crippen molar-refractivity contribution in [2.45, 2.75) is 60.1 Å². The van der Waals surface area contributed by atoms with Crippen molar-refractivity contribution in [1.82, 2.24) is 15.1 Å². The summed E-state index contributed by atoms with van der Waals surface area (Å²) in [6, 6.07) is 15.8. The Bertz CT molecular complexity index is 1210. The van der Waals surface area contributed by atoms with Crippen molar-refractivity contribution in [2.75, 3.05) is 6.61 Å². The van der Waals surface area contributed by atoms with Gasteiger partial charge >= 0.3 is 5.97 Å². The van der Waals surface area contributed by atoms with E-state index in [1.807, 2.05) is 32.2 Å². The molecule has 2 aromatic carbocycles. The first-order chi connectivity index (χ1) is 17.0. The van der Waals surface area contributed by atoms with Crippen LogP contribution < -0.4 is 10.1 Å². The van der Waals surface area contributed by atoms with Crippen molar-refractivity contribution in [3.05, 3.63) is 70.9 Å². The number of ether oxygens (including phenoxy) is 2. The molecule has 0 aliphatic rings. The Morgan fingerprint density at radius 3 is 2.33 bits per heavy atom. The fourth-order valence-electron chi connectivity index (χ4n) is 3.96. The summed E-state index contributed by atoms with van der Waals surface area (Å²) < 4.78 is 12.7. The molecular weight excluding hydrogens is 454 g/mol. The number of aromatic nitrogens is 2. The number of carbonyl (C=O) groups is 2. The molecule has 3 aromatic rings. The van der Waals surface area contributed by atoms with Crippen molar-refractivity contribution < 1.29 is 19.1 Å². The molecule has 7 heteroatoms. The maximum atomic E-state index is 12.8. The predicted molar refractivity (Wildman–Crippen MR) is 141 cm³/mol. The third-order valence-electron chi connectivity index (χ3n) is 5.83. The Balaban J connectivity index is 1.64. The lowest BCUT2D eigenvalue weighted by molar-refractivity contribution is -0.158. The van der Waals surface area contributed by atoms with Crippen LogP contribution in [0.1, 0.15) is 61.8 Å². The Morgan fingerprint density at radius 2 is 1.72 bits per heavy atom. The van der Waals surface area contributed by atoms with Gasteiger partial charge in [0.1, 0.15) is 5.75 Å². The van der Waals surface area contributed by atoms with Crippen molar-refractivity contribution >= 4 is 11.9 Å². The molecule has 0 bridgehead atoms. The molecule has 3 rings (SSSR count). The quantitative estimate of drug-likeness (QED) is 0.392. The highest BCUT2D eigenvalue weighted by atomic mass is 16.6. The average Bonchev–Trinajstić information content (AvgIpc) is 3.21. The van der Waals surface area contributed by atoms with Gasteiger partial charge in [0.15, 0.2) is 11.3 Å². The van der Waals surface area contributed by atoms with Crippen LogP contribution in [0.2, 0.25) is 0 Å². The smallest absolute Gasteiger partial charge is 0.349 e. The monoisotopic (exact) mass is 491 g/mol. The molecule has 0 saturated heterocycles. The zero-order valence-electron chi connectivity index (χ0n) is 22.3. The summed E-state index contributed by atoms with van der Waals surface area (Å²) in [5.41, 5.74) is 4.25. The number of rotatable bonds is 10. The largest absolute Gasteiger partial charge is 0.476 e. The maximum Gasteiger partial charge on any atom is 0.349 e. The summed E-state index contributed by atoms with van der Waals surface area (Å²) in [5.74, 6) is 0.542. The van der Waals surface area contributed by atoms with Crippen LogP contribution in [0.3, 0.4) is 0 Å². The van der Waals surface area contributed by atoms with E-state index in [4.69, 9.17) is 9.47 Å². The molecule has 1 heterocycles. The highest BCUT2D eigenvalue weighted by Crippen LogP contribution is 2.25. The molecule has 0 aliphatic heterocycles. The fourth-order valence-corrected chi connectivity index (χ4v) is 3.96. The molecule has 0 radical (unpaired) electrons. The van der Waals surface area contributed by atoms with E-state index in [1.165, 1.54) is 5.56 Å². The summed E-state index contributed by atoms with van der Waals surface area (Å²) in [5, 5.41) is 7.35. The highest BCUT2D eigenvalue weighted by Gasteiger charge is 2.32. The van der Waals surface area contributed by atoms with Gasteiger partial charge < -0.3 is 14.8 Å². The van der Waals surface area contributed by atoms with Crippen LogP contribution in [0.15, 0.2) is 48.5 Å². The van der Waals surface area contributed by atoms with Gasteiger partial charge in [-0.2, -0.15) is 5.10 Å². The number of benzene rings is 2. The lowest BCUT2D eigenvalue weighted by Crippen LogP contribution is -2.39. The maximum absolute atomic E-state index is 12.8. The molecule has 0 unspecified atom stereocenters. The van der Waals surface area contributed by atoms with Gasteiger partial charge in [0.05, 0.1) is 12.3 Å². The molecule has 36 heavy (non-hydrogen) atoms. The number of nitrogens with one attached hydrogen (secondary N) is 1. The van der Waals surface area contributed by atoms with Gasteiger partial charge in [0.2, 0.25) is 0 Å². The van der Waals surface area contributed by atoms with Crippen molar-refractivity contribution in [3.8, 4) is 17.0 Å². The molecule has 192 valence electrons. The number of hydrogen-bond donors (Lipinski definition) is 1. The number of nitrogens with zero attached hydrogens (tertiary/aromatic N) is 2. The summed E-state index contributed by atoms with van der Waals surface area (Å²) >= 11 is 0. The van der Waals surface area contributed by atoms with Crippen LogP contribution in [0.25, 0.3) is 11.3 Å². The van der Waals surface area contributed by atoms with Crippen LogP contribution in [-0.4, -0.2) is 33.9 Å². The van der Waals surface area contributed by atoms with Crippen molar-refractivity contribution in [3.63, 3.8) is 0 Å². The fraction of sp³-hybridized carbons (Fsp3) is 0.414. The van der Waals surface area contributed by atoms with E-state index in [9.17, 15) is 9.59 Å². The second kappa shape index (κ2) is 11.4. The highest BCUT2D eigenvalue weighted by molar-refractivity contribution is 5.93. The second-order valence-electron chi connectivity index (χ2n) is 9.95. The molecular formula is C29H37N3O4. The zero-order chi connectivity index (χ0) is 26.5. The molecule has 0 atom stereocenters. The topological polar surface area (TPSA) is 82.5 Å². The summed E-state index contributed by atoms with van der Waals surface area (Å²) in [4.78, 5) is 24.9. The molecule has 0 spiro atoms. The lowest BCUT2D eigenvalue weighted by Gasteiger charge is -2.25. The van der Waals surface area contributed by atoms with Gasteiger partial charge in [-0.3, -0.25) is 9.48 Å². The standard InChI is InChI=1S/C29H37N3O4/c1-8-35-28(34)29(5,6)36-26-14-11-22(16-20(26)4)18-30-27(33)24-17-25(32(7)31-24)23-12-9-21(10-13-23)15-19(2)3/h9-14,16-17,19H,8,15,18H2,1-7H3,(H,30,33). The van der Waals surface area contributed by atoms with Crippen LogP contribution in [0.4, 0.5) is 0 Å². The van der Waals surface area contributed by atoms with E-state index < -0.39 is 11.6 Å². The SMILES string of the molecule is CCOC(=O)C(C)(C)Oc1ccc(CNC(=O)c2cc(-c3ccc(CC(C)C)cc3)n(C)n2)cc1C. The third kappa shape index (κ3) is 6.74. The van der Waals surface area contributed by atoms with Crippen molar-refractivity contribution in [2.24, 2.45) is 13.0 Å². The molecule has 0 aliphatic carbocycles. The number of esters is 1. The second-order valence-corrected chi connectivity index (χ2v) is 9.95. The van der Waals surface area contributed by atoms with Gasteiger partial charge in [-0.05, 0) is 74.4 Å². The van der Waals surface area contributed by atoms with Gasteiger partial charge in [0.25, 0.3) is 5.91 Å². The van der Waals surface area contributed by atoms with E-state index >= 15 is 0 Å². The minimum atomic E-state index is -1.10. The van der Waals surface area contributed by atoms with Crippen LogP contribution in [0, 0.1) is 12.8 Å². The summed E-state index contributed by atoms with van der Waals surface area (Å²) in [6.45, 7) is 12.1. The summed E-state index contributed by atoms with van der Waals surface area (Å²) in [6.07, 6.45) is 1.04. The number of carbonyl (C=O) groups excluding carboxylic acids is 2. The van der Waals surface area contributed by atoms with Crippen LogP contribution in [-0.2, 0) is 29.5 Å². The molecule has 0 saturated carbocycles. The first-order valence-electron chi connectivity index (χ1n) is 12.4. The number of amides is 1. The molecule has 1 aromatic heterocycles. The minimum absolute atomic E-state index is 0.241. The Kier molecular flexibility index (Phi) is 8.56. The van der Waals surface area contributed by atoms with Crippen LogP contribution >= 0.6 is 0 Å².